The van der Waals surface area contributed by atoms with E-state index in [9.17, 15) is 0 Å². The molecule has 0 spiro atoms. The van der Waals surface area contributed by atoms with Gasteiger partial charge in [-0.3, -0.25) is 4.98 Å². The van der Waals surface area contributed by atoms with Gasteiger partial charge in [0.1, 0.15) is 0 Å². The summed E-state index contributed by atoms with van der Waals surface area (Å²) in [6.07, 6.45) is 7.09. The summed E-state index contributed by atoms with van der Waals surface area (Å²) in [6, 6.07) is 4.21. The van der Waals surface area contributed by atoms with Gasteiger partial charge in [0.25, 0.3) is 0 Å². The molecule has 2 N–H and O–H groups in total. The summed E-state index contributed by atoms with van der Waals surface area (Å²) in [4.78, 5) is 7.54. The van der Waals surface area contributed by atoms with Crippen LogP contribution in [0.3, 0.4) is 0 Å². The number of fused-ring (bicyclic) bond motifs is 2. The van der Waals surface area contributed by atoms with Crippen molar-refractivity contribution in [3.05, 3.63) is 23.4 Å². The molecule has 162 valence electrons. The minimum Gasteiger partial charge on any atom is -0.493 e. The van der Waals surface area contributed by atoms with Crippen molar-refractivity contribution in [3.63, 3.8) is 0 Å². The van der Waals surface area contributed by atoms with E-state index in [0.29, 0.717) is 12.5 Å². The zero-order valence-corrected chi connectivity index (χ0v) is 18.1. The first-order valence-electron chi connectivity index (χ1n) is 11.6. The summed E-state index contributed by atoms with van der Waals surface area (Å²) in [7, 11) is 1.73. The molecular formula is C24H34N4O2. The Kier molecular flexibility index (Phi) is 5.95. The van der Waals surface area contributed by atoms with E-state index in [0.717, 1.165) is 67.8 Å². The molecule has 0 atom stereocenters. The number of ether oxygens (including phenoxy) is 2. The summed E-state index contributed by atoms with van der Waals surface area (Å²) in [6.45, 7) is 7.53. The fourth-order valence-electron chi connectivity index (χ4n) is 4.96. The van der Waals surface area contributed by atoms with Crippen molar-refractivity contribution in [2.24, 2.45) is 5.92 Å². The van der Waals surface area contributed by atoms with Crippen LogP contribution < -0.4 is 20.1 Å². The van der Waals surface area contributed by atoms with E-state index in [2.05, 4.69) is 27.7 Å². The molecule has 6 heteroatoms. The van der Waals surface area contributed by atoms with Gasteiger partial charge in [0.15, 0.2) is 11.5 Å². The highest BCUT2D eigenvalue weighted by atomic mass is 16.5. The standard InChI is InChI=1S/C24H34N4O2/c1-29-22-12-19-21(13-23(22)30-11-5-10-28-8-2-3-9-28)27-20-7-4-6-18(20)24(19)26-16-17-14-25-15-17/h12-13,17,25H,2-11,14-16H2,1H3,(H,26,27). The van der Waals surface area contributed by atoms with Crippen molar-refractivity contribution in [1.82, 2.24) is 15.2 Å². The monoisotopic (exact) mass is 410 g/mol. The van der Waals surface area contributed by atoms with Crippen LogP contribution in [0.15, 0.2) is 12.1 Å². The first-order valence-corrected chi connectivity index (χ1v) is 11.6. The van der Waals surface area contributed by atoms with Gasteiger partial charge in [0, 0.05) is 54.9 Å². The zero-order valence-electron chi connectivity index (χ0n) is 18.1. The molecule has 3 aliphatic rings. The molecule has 3 heterocycles. The van der Waals surface area contributed by atoms with Crippen molar-refractivity contribution >= 4 is 16.6 Å². The number of hydrogen-bond donors (Lipinski definition) is 2. The van der Waals surface area contributed by atoms with Gasteiger partial charge in [-0.15, -0.1) is 0 Å². The molecule has 6 nitrogen and oxygen atoms in total. The first-order chi connectivity index (χ1) is 14.8. The van der Waals surface area contributed by atoms with Gasteiger partial charge in [-0.25, -0.2) is 0 Å². The van der Waals surface area contributed by atoms with Gasteiger partial charge < -0.3 is 25.0 Å². The zero-order chi connectivity index (χ0) is 20.3. The Hall–Kier alpha value is -2.05. The Labute approximate surface area is 179 Å². The van der Waals surface area contributed by atoms with Crippen LogP contribution in [0.1, 0.15) is 36.9 Å². The summed E-state index contributed by atoms with van der Waals surface area (Å²) in [5.74, 6) is 2.33. The van der Waals surface area contributed by atoms with Crippen LogP contribution >= 0.6 is 0 Å². The van der Waals surface area contributed by atoms with Crippen molar-refractivity contribution in [1.29, 1.82) is 0 Å². The smallest absolute Gasteiger partial charge is 0.163 e. The molecule has 2 saturated heterocycles. The number of likely N-dealkylation sites (tertiary alicyclic amines) is 1. The molecular weight excluding hydrogens is 376 g/mol. The molecule has 1 aromatic heterocycles. The molecule has 0 saturated carbocycles. The molecule has 1 aliphatic carbocycles. The van der Waals surface area contributed by atoms with Crippen LogP contribution in [0.4, 0.5) is 5.69 Å². The molecule has 2 aliphatic heterocycles. The van der Waals surface area contributed by atoms with Gasteiger partial charge in [-0.05, 0) is 63.2 Å². The van der Waals surface area contributed by atoms with Crippen LogP contribution in [0.2, 0.25) is 0 Å². The maximum Gasteiger partial charge on any atom is 0.163 e. The van der Waals surface area contributed by atoms with Gasteiger partial charge in [-0.1, -0.05) is 0 Å². The van der Waals surface area contributed by atoms with Crippen molar-refractivity contribution in [3.8, 4) is 11.5 Å². The van der Waals surface area contributed by atoms with E-state index in [1.807, 2.05) is 0 Å². The summed E-state index contributed by atoms with van der Waals surface area (Å²) >= 11 is 0. The largest absolute Gasteiger partial charge is 0.493 e. The lowest BCUT2D eigenvalue weighted by Crippen LogP contribution is -2.45. The Balaban J connectivity index is 1.36. The second kappa shape index (κ2) is 8.98. The molecule has 0 bridgehead atoms. The fraction of sp³-hybridized carbons (Fsp3) is 0.625. The number of benzene rings is 1. The molecule has 1 aromatic carbocycles. The highest BCUT2D eigenvalue weighted by Gasteiger charge is 2.23. The average molecular weight is 411 g/mol. The number of nitrogens with zero attached hydrogens (tertiary/aromatic N) is 2. The number of nitrogens with one attached hydrogen (secondary N) is 2. The lowest BCUT2D eigenvalue weighted by molar-refractivity contribution is 0.254. The maximum absolute atomic E-state index is 6.16. The Morgan fingerprint density at radius 1 is 1.13 bits per heavy atom. The van der Waals surface area contributed by atoms with Crippen LogP contribution in [-0.4, -0.2) is 62.9 Å². The molecule has 2 fully saturated rings. The van der Waals surface area contributed by atoms with E-state index in [4.69, 9.17) is 14.5 Å². The number of anilines is 1. The van der Waals surface area contributed by atoms with E-state index in [1.54, 1.807) is 7.11 Å². The van der Waals surface area contributed by atoms with Crippen molar-refractivity contribution in [2.75, 3.05) is 58.3 Å². The number of rotatable bonds is 9. The fourth-order valence-corrected chi connectivity index (χ4v) is 4.96. The summed E-state index contributed by atoms with van der Waals surface area (Å²) in [5.41, 5.74) is 4.93. The third-order valence-electron chi connectivity index (χ3n) is 6.81. The minimum absolute atomic E-state index is 0.711. The molecule has 2 aromatic rings. The van der Waals surface area contributed by atoms with Crippen molar-refractivity contribution < 1.29 is 9.47 Å². The van der Waals surface area contributed by atoms with Crippen molar-refractivity contribution in [2.45, 2.75) is 38.5 Å². The quantitative estimate of drug-likeness (QED) is 0.619. The Morgan fingerprint density at radius 3 is 2.77 bits per heavy atom. The minimum atomic E-state index is 0.711. The lowest BCUT2D eigenvalue weighted by Gasteiger charge is -2.28. The predicted molar refractivity (Wildman–Crippen MR) is 121 cm³/mol. The highest BCUT2D eigenvalue weighted by Crippen LogP contribution is 2.39. The maximum atomic E-state index is 6.16. The predicted octanol–water partition coefficient (Wildman–Crippen LogP) is 3.23. The first kappa shape index (κ1) is 19.9. The van der Waals surface area contributed by atoms with Crippen LogP contribution in [-0.2, 0) is 12.8 Å². The molecule has 0 radical (unpaired) electrons. The number of hydrogen-bond acceptors (Lipinski definition) is 6. The number of aryl methyl sites for hydroxylation is 1. The topological polar surface area (TPSA) is 58.6 Å². The second-order valence-corrected chi connectivity index (χ2v) is 8.94. The van der Waals surface area contributed by atoms with E-state index < -0.39 is 0 Å². The van der Waals surface area contributed by atoms with Crippen LogP contribution in [0, 0.1) is 5.92 Å². The van der Waals surface area contributed by atoms with Gasteiger partial charge in [0.2, 0.25) is 0 Å². The Morgan fingerprint density at radius 2 is 2.00 bits per heavy atom. The van der Waals surface area contributed by atoms with Gasteiger partial charge in [0.05, 0.1) is 19.2 Å². The Bertz CT molecular complexity index is 891. The summed E-state index contributed by atoms with van der Waals surface area (Å²) < 4.78 is 11.9. The molecule has 5 rings (SSSR count). The third kappa shape index (κ3) is 4.08. The third-order valence-corrected chi connectivity index (χ3v) is 6.81. The summed E-state index contributed by atoms with van der Waals surface area (Å²) in [5, 5.41) is 8.28. The number of pyridine rings is 1. The second-order valence-electron chi connectivity index (χ2n) is 8.94. The number of methoxy groups -OCH3 is 1. The molecule has 0 unspecified atom stereocenters. The van der Waals surface area contributed by atoms with E-state index in [1.165, 1.54) is 49.3 Å². The van der Waals surface area contributed by atoms with Crippen LogP contribution in [0.25, 0.3) is 10.9 Å². The molecule has 0 amide bonds. The van der Waals surface area contributed by atoms with E-state index in [-0.39, 0.29) is 0 Å². The van der Waals surface area contributed by atoms with E-state index >= 15 is 0 Å². The number of aromatic nitrogens is 1. The SMILES string of the molecule is COc1cc2c(NCC3CNC3)c3c(nc2cc1OCCCN1CCCC1)CCC3. The normalized spacial score (nSPS) is 19.1. The van der Waals surface area contributed by atoms with Crippen LogP contribution in [0.5, 0.6) is 11.5 Å². The lowest BCUT2D eigenvalue weighted by atomic mass is 10.0. The van der Waals surface area contributed by atoms with Gasteiger partial charge >= 0.3 is 0 Å². The van der Waals surface area contributed by atoms with Gasteiger partial charge in [-0.2, -0.15) is 0 Å². The molecule has 30 heavy (non-hydrogen) atoms. The average Bonchev–Trinajstić information content (AvgIpc) is 3.40. The highest BCUT2D eigenvalue weighted by molar-refractivity contribution is 5.96.